The Labute approximate surface area is 310 Å². The first kappa shape index (κ1) is 39.1. The van der Waals surface area contributed by atoms with Crippen LogP contribution in [0.5, 0.6) is 11.5 Å². The largest absolute Gasteiger partial charge is 0.480 e. The molecule has 280 valence electrons. The van der Waals surface area contributed by atoms with Gasteiger partial charge >= 0.3 is 6.18 Å². The predicted octanol–water partition coefficient (Wildman–Crippen LogP) is 10.4. The van der Waals surface area contributed by atoms with Crippen molar-refractivity contribution in [2.75, 3.05) is 10.3 Å². The molecule has 1 N–H and O–H groups in total. The van der Waals surface area contributed by atoms with Crippen LogP contribution in [0, 0.1) is 6.92 Å². The molecule has 1 heterocycles. The van der Waals surface area contributed by atoms with E-state index in [1.54, 1.807) is 36.4 Å². The highest BCUT2D eigenvalue weighted by Crippen LogP contribution is 2.39. The highest BCUT2D eigenvalue weighted by Gasteiger charge is 2.40. The Kier molecular flexibility index (Phi) is 11.4. The molecule has 0 spiro atoms. The van der Waals surface area contributed by atoms with E-state index in [1.807, 2.05) is 32.0 Å². The molecule has 2 amide bonds. The molecule has 0 fully saturated rings. The van der Waals surface area contributed by atoms with Gasteiger partial charge in [0.2, 0.25) is 6.10 Å². The molecule has 0 aromatic heterocycles. The fourth-order valence-corrected chi connectivity index (χ4v) is 5.88. The zero-order valence-corrected chi connectivity index (χ0v) is 31.6. The number of benzene rings is 4. The fraction of sp³-hybridized carbons (Fsp3) is 0.372. The summed E-state index contributed by atoms with van der Waals surface area (Å²) in [5.74, 6) is 0.259. The van der Waals surface area contributed by atoms with Gasteiger partial charge in [-0.25, -0.2) is 0 Å². The highest BCUT2D eigenvalue weighted by molar-refractivity contribution is 6.24. The molecule has 0 saturated heterocycles. The van der Waals surface area contributed by atoms with Crippen LogP contribution in [0.25, 0.3) is 0 Å². The number of aryl methyl sites for hydroxylation is 1. The molecular weight excluding hydrogens is 679 g/mol. The number of hydrogen-bond acceptors (Lipinski definition) is 5. The van der Waals surface area contributed by atoms with E-state index in [9.17, 15) is 22.8 Å². The zero-order valence-electron chi connectivity index (χ0n) is 31.6. The van der Waals surface area contributed by atoms with E-state index < -0.39 is 29.9 Å². The normalized spacial score (nSPS) is 15.6. The SMILES string of the molecule is CCC(Oc1ccc(C(C)(C)CC)cc1C(C)(C)CC)C(=O)Nc1ccc(N2N=C(c3ccc(C(F)(F)F)cc3)C(Oc3ccc(C)cc3)C2=O)cc1. The Morgan fingerprint density at radius 2 is 1.43 bits per heavy atom. The lowest BCUT2D eigenvalue weighted by Crippen LogP contribution is -2.37. The first-order valence-corrected chi connectivity index (χ1v) is 18.0. The van der Waals surface area contributed by atoms with Crippen molar-refractivity contribution in [1.29, 1.82) is 0 Å². The molecule has 7 nitrogen and oxygen atoms in total. The third kappa shape index (κ3) is 8.75. The Balaban J connectivity index is 1.36. The summed E-state index contributed by atoms with van der Waals surface area (Å²) in [6.45, 7) is 16.9. The van der Waals surface area contributed by atoms with Crippen LogP contribution in [0.15, 0.2) is 96.1 Å². The lowest BCUT2D eigenvalue weighted by atomic mass is 9.76. The number of carbonyl (C=O) groups is 2. The molecule has 1 aliphatic rings. The summed E-state index contributed by atoms with van der Waals surface area (Å²) in [6, 6.07) is 24.4. The van der Waals surface area contributed by atoms with Crippen LogP contribution in [0.2, 0.25) is 0 Å². The number of carbonyl (C=O) groups excluding carboxylic acids is 2. The molecule has 5 rings (SSSR count). The van der Waals surface area contributed by atoms with Gasteiger partial charge in [-0.15, -0.1) is 0 Å². The van der Waals surface area contributed by atoms with Crippen LogP contribution in [-0.4, -0.2) is 29.7 Å². The summed E-state index contributed by atoms with van der Waals surface area (Å²) in [6.07, 6.45) is -4.17. The van der Waals surface area contributed by atoms with Gasteiger partial charge in [-0.1, -0.05) is 90.4 Å². The summed E-state index contributed by atoms with van der Waals surface area (Å²) in [5.41, 5.74) is 3.64. The van der Waals surface area contributed by atoms with Crippen molar-refractivity contribution in [2.45, 2.75) is 104 Å². The molecule has 53 heavy (non-hydrogen) atoms. The summed E-state index contributed by atoms with van der Waals surface area (Å²) in [4.78, 5) is 27.3. The number of ether oxygens (including phenoxy) is 2. The maximum Gasteiger partial charge on any atom is 0.416 e. The Morgan fingerprint density at radius 3 is 2.00 bits per heavy atom. The van der Waals surface area contributed by atoms with Gasteiger partial charge in [0.15, 0.2) is 6.10 Å². The van der Waals surface area contributed by atoms with Crippen LogP contribution >= 0.6 is 0 Å². The van der Waals surface area contributed by atoms with Gasteiger partial charge in [-0.05, 0) is 97.2 Å². The maximum atomic E-state index is 13.8. The molecule has 10 heteroatoms. The fourth-order valence-electron chi connectivity index (χ4n) is 5.88. The number of hydrazone groups is 1. The average Bonchev–Trinajstić information content (AvgIpc) is 3.46. The Hall–Kier alpha value is -5.12. The number of nitrogens with one attached hydrogen (secondary N) is 1. The molecule has 1 aliphatic heterocycles. The number of rotatable bonds is 13. The first-order chi connectivity index (χ1) is 25.0. The minimum absolute atomic E-state index is 0.00536. The molecule has 0 radical (unpaired) electrons. The predicted molar refractivity (Wildman–Crippen MR) is 204 cm³/mol. The first-order valence-electron chi connectivity index (χ1n) is 18.0. The second-order valence-corrected chi connectivity index (χ2v) is 14.8. The van der Waals surface area contributed by atoms with Gasteiger partial charge in [0.05, 0.1) is 11.3 Å². The number of nitrogens with zero attached hydrogens (tertiary/aromatic N) is 2. The van der Waals surface area contributed by atoms with Gasteiger partial charge in [0.25, 0.3) is 11.8 Å². The molecule has 0 aliphatic carbocycles. The number of alkyl halides is 3. The Morgan fingerprint density at radius 1 is 0.830 bits per heavy atom. The van der Waals surface area contributed by atoms with E-state index in [2.05, 4.69) is 64.1 Å². The minimum atomic E-state index is -4.51. The average molecular weight is 728 g/mol. The molecule has 2 atom stereocenters. The van der Waals surface area contributed by atoms with Crippen LogP contribution in [0.1, 0.15) is 95.5 Å². The summed E-state index contributed by atoms with van der Waals surface area (Å²) >= 11 is 0. The highest BCUT2D eigenvalue weighted by atomic mass is 19.4. The number of hydrogen-bond donors (Lipinski definition) is 1. The van der Waals surface area contributed by atoms with E-state index >= 15 is 0 Å². The van der Waals surface area contributed by atoms with E-state index in [-0.39, 0.29) is 22.4 Å². The van der Waals surface area contributed by atoms with Crippen molar-refractivity contribution >= 4 is 28.9 Å². The van der Waals surface area contributed by atoms with Crippen LogP contribution in [-0.2, 0) is 26.6 Å². The molecule has 0 bridgehead atoms. The van der Waals surface area contributed by atoms with Crippen LogP contribution < -0.4 is 19.8 Å². The van der Waals surface area contributed by atoms with Crippen molar-refractivity contribution in [1.82, 2.24) is 0 Å². The minimum Gasteiger partial charge on any atom is -0.480 e. The lowest BCUT2D eigenvalue weighted by molar-refractivity contribution is -0.137. The van der Waals surface area contributed by atoms with Crippen LogP contribution in [0.3, 0.4) is 0 Å². The molecule has 4 aromatic carbocycles. The second kappa shape index (κ2) is 15.5. The van der Waals surface area contributed by atoms with E-state index in [0.717, 1.165) is 41.1 Å². The third-order valence-electron chi connectivity index (χ3n) is 10.2. The smallest absolute Gasteiger partial charge is 0.416 e. The van der Waals surface area contributed by atoms with E-state index in [0.29, 0.717) is 34.9 Å². The molecule has 4 aromatic rings. The van der Waals surface area contributed by atoms with E-state index in [4.69, 9.17) is 9.47 Å². The standard InChI is InChI=1S/C43H48F3N3O4/c1-9-35(53-36-25-18-30(41(5,6)10-2)26-34(36)42(7,8)11-3)39(50)47-31-19-21-32(22-20-31)49-40(51)38(52-33-23-12-27(4)13-24-33)37(48-49)28-14-16-29(17-15-28)43(44,45)46/h12-26,35,38H,9-11H2,1-8H3,(H,47,50). The quantitative estimate of drug-likeness (QED) is 0.149. The summed E-state index contributed by atoms with van der Waals surface area (Å²) in [5, 5.41) is 8.62. The lowest BCUT2D eigenvalue weighted by Gasteiger charge is -2.31. The summed E-state index contributed by atoms with van der Waals surface area (Å²) < 4.78 is 52.4. The van der Waals surface area contributed by atoms with E-state index in [1.165, 1.54) is 17.7 Å². The number of amides is 2. The molecule has 0 saturated carbocycles. The van der Waals surface area contributed by atoms with Gasteiger partial charge in [0.1, 0.15) is 17.2 Å². The van der Waals surface area contributed by atoms with Crippen molar-refractivity contribution < 1.29 is 32.2 Å². The monoisotopic (exact) mass is 727 g/mol. The van der Waals surface area contributed by atoms with Gasteiger partial charge < -0.3 is 14.8 Å². The number of halogens is 3. The van der Waals surface area contributed by atoms with Gasteiger partial charge in [-0.3, -0.25) is 9.59 Å². The number of anilines is 2. The van der Waals surface area contributed by atoms with Gasteiger partial charge in [0, 0.05) is 16.8 Å². The van der Waals surface area contributed by atoms with Crippen LogP contribution in [0.4, 0.5) is 24.5 Å². The topological polar surface area (TPSA) is 80.2 Å². The van der Waals surface area contributed by atoms with Crippen molar-refractivity contribution in [2.24, 2.45) is 5.10 Å². The van der Waals surface area contributed by atoms with Crippen molar-refractivity contribution in [3.8, 4) is 11.5 Å². The molecule has 2 unspecified atom stereocenters. The summed E-state index contributed by atoms with van der Waals surface area (Å²) in [7, 11) is 0. The van der Waals surface area contributed by atoms with Gasteiger partial charge in [-0.2, -0.15) is 23.3 Å². The second-order valence-electron chi connectivity index (χ2n) is 14.8. The van der Waals surface area contributed by atoms with Crippen molar-refractivity contribution in [3.05, 3.63) is 119 Å². The maximum absolute atomic E-state index is 13.8. The molecular formula is C43H48F3N3O4. The van der Waals surface area contributed by atoms with Crippen molar-refractivity contribution in [3.63, 3.8) is 0 Å². The third-order valence-corrected chi connectivity index (χ3v) is 10.2. The Bertz CT molecular complexity index is 1950. The zero-order chi connectivity index (χ0) is 38.7.